The number of halogens is 4. The van der Waals surface area contributed by atoms with Gasteiger partial charge < -0.3 is 9.88 Å². The Morgan fingerprint density at radius 1 is 1.26 bits per heavy atom. The zero-order valence-electron chi connectivity index (χ0n) is 11.9. The van der Waals surface area contributed by atoms with Crippen LogP contribution in [0.4, 0.5) is 23.2 Å². The molecule has 2 aromatic rings. The highest BCUT2D eigenvalue weighted by molar-refractivity contribution is 5.51. The second kappa shape index (κ2) is 6.12. The number of hydrogen-bond acceptors (Lipinski definition) is 3. The van der Waals surface area contributed by atoms with Crippen LogP contribution < -0.4 is 10.5 Å². The van der Waals surface area contributed by atoms with Gasteiger partial charge in [-0.3, -0.25) is 4.79 Å². The summed E-state index contributed by atoms with van der Waals surface area (Å²) >= 11 is 0. The standard InChI is InChI=1S/C15H11F4N3O/c1-22(8-9-2-3-11(16)10(6-9)7-20)12-4-5-13(23)21-14(12)15(17,18)19/h2-6H,8H2,1H3,(H,21,23). The number of nitriles is 1. The maximum Gasteiger partial charge on any atom is 0.433 e. The van der Waals surface area contributed by atoms with Crippen LogP contribution in [0, 0.1) is 17.1 Å². The minimum absolute atomic E-state index is 0.00405. The Balaban J connectivity index is 2.37. The molecule has 0 spiro atoms. The smallest absolute Gasteiger partial charge is 0.369 e. The van der Waals surface area contributed by atoms with E-state index in [0.29, 0.717) is 5.56 Å². The van der Waals surface area contributed by atoms with Gasteiger partial charge in [-0.25, -0.2) is 4.39 Å². The Bertz CT molecular complexity index is 821. The molecule has 4 nitrogen and oxygen atoms in total. The Hall–Kier alpha value is -2.82. The third-order valence-electron chi connectivity index (χ3n) is 3.16. The predicted octanol–water partition coefficient (Wildman–Crippen LogP) is 3.04. The lowest BCUT2D eigenvalue weighted by atomic mass is 10.1. The highest BCUT2D eigenvalue weighted by Crippen LogP contribution is 2.34. The molecule has 0 aliphatic heterocycles. The minimum atomic E-state index is -4.72. The number of anilines is 1. The lowest BCUT2D eigenvalue weighted by Crippen LogP contribution is -2.25. The zero-order chi connectivity index (χ0) is 17.2. The van der Waals surface area contributed by atoms with Gasteiger partial charge in [-0.2, -0.15) is 18.4 Å². The molecule has 0 amide bonds. The number of nitrogens with one attached hydrogen (secondary N) is 1. The van der Waals surface area contributed by atoms with Crippen LogP contribution in [0.5, 0.6) is 0 Å². The van der Waals surface area contributed by atoms with Crippen LogP contribution in [0.25, 0.3) is 0 Å². The van der Waals surface area contributed by atoms with Crippen molar-refractivity contribution in [2.75, 3.05) is 11.9 Å². The van der Waals surface area contributed by atoms with E-state index < -0.39 is 23.2 Å². The number of nitrogens with zero attached hydrogens (tertiary/aromatic N) is 2. The molecule has 2 rings (SSSR count). The normalized spacial score (nSPS) is 11.1. The molecule has 1 aromatic heterocycles. The summed E-state index contributed by atoms with van der Waals surface area (Å²) in [4.78, 5) is 14.2. The van der Waals surface area contributed by atoms with Crippen molar-refractivity contribution in [1.29, 1.82) is 5.26 Å². The highest BCUT2D eigenvalue weighted by Gasteiger charge is 2.35. The fourth-order valence-corrected chi connectivity index (χ4v) is 2.12. The van der Waals surface area contributed by atoms with Crippen molar-refractivity contribution in [1.82, 2.24) is 4.98 Å². The Morgan fingerprint density at radius 3 is 2.57 bits per heavy atom. The Morgan fingerprint density at radius 2 is 1.96 bits per heavy atom. The van der Waals surface area contributed by atoms with Gasteiger partial charge in [-0.15, -0.1) is 0 Å². The van der Waals surface area contributed by atoms with Gasteiger partial charge in [0.1, 0.15) is 17.6 Å². The van der Waals surface area contributed by atoms with Crippen LogP contribution in [-0.4, -0.2) is 12.0 Å². The molecule has 120 valence electrons. The van der Waals surface area contributed by atoms with Gasteiger partial charge in [0.15, 0.2) is 0 Å². The number of alkyl halides is 3. The van der Waals surface area contributed by atoms with E-state index in [4.69, 9.17) is 5.26 Å². The first kappa shape index (κ1) is 16.5. The summed E-state index contributed by atoms with van der Waals surface area (Å²) in [6.07, 6.45) is -4.72. The number of aromatic nitrogens is 1. The van der Waals surface area contributed by atoms with E-state index in [-0.39, 0.29) is 17.8 Å². The molecule has 0 aliphatic rings. The van der Waals surface area contributed by atoms with Gasteiger partial charge in [0.05, 0.1) is 11.3 Å². The largest absolute Gasteiger partial charge is 0.433 e. The molecule has 1 aromatic carbocycles. The van der Waals surface area contributed by atoms with E-state index in [1.54, 1.807) is 11.1 Å². The van der Waals surface area contributed by atoms with Crippen LogP contribution in [0.15, 0.2) is 35.1 Å². The molecule has 0 bridgehead atoms. The fourth-order valence-electron chi connectivity index (χ4n) is 2.12. The number of aromatic amines is 1. The number of hydrogen-bond donors (Lipinski definition) is 1. The third kappa shape index (κ3) is 3.69. The molecule has 0 unspecified atom stereocenters. The lowest BCUT2D eigenvalue weighted by molar-refractivity contribution is -0.140. The SMILES string of the molecule is CN(Cc1ccc(F)c(C#N)c1)c1ccc(=O)[nH]c1C(F)(F)F. The van der Waals surface area contributed by atoms with Crippen molar-refractivity contribution in [3.8, 4) is 6.07 Å². The van der Waals surface area contributed by atoms with Crippen LogP contribution >= 0.6 is 0 Å². The maximum atomic E-state index is 13.3. The topological polar surface area (TPSA) is 59.9 Å². The van der Waals surface area contributed by atoms with Gasteiger partial charge in [-0.1, -0.05) is 6.07 Å². The molecule has 0 saturated heterocycles. The molecule has 1 heterocycles. The number of benzene rings is 1. The van der Waals surface area contributed by atoms with Gasteiger partial charge in [-0.05, 0) is 23.8 Å². The average Bonchev–Trinajstić information content (AvgIpc) is 2.48. The van der Waals surface area contributed by atoms with Crippen LogP contribution in [0.1, 0.15) is 16.8 Å². The van der Waals surface area contributed by atoms with Crippen LogP contribution in [-0.2, 0) is 12.7 Å². The van der Waals surface area contributed by atoms with Gasteiger partial charge >= 0.3 is 6.18 Å². The van der Waals surface area contributed by atoms with Gasteiger partial charge in [0.2, 0.25) is 5.56 Å². The first-order valence-electron chi connectivity index (χ1n) is 6.42. The van der Waals surface area contributed by atoms with Gasteiger partial charge in [0.25, 0.3) is 0 Å². The van der Waals surface area contributed by atoms with Crippen LogP contribution in [0.2, 0.25) is 0 Å². The molecule has 1 N–H and O–H groups in total. The molecule has 8 heteroatoms. The van der Waals surface area contributed by atoms with Crippen molar-refractivity contribution in [2.45, 2.75) is 12.7 Å². The first-order valence-corrected chi connectivity index (χ1v) is 6.42. The highest BCUT2D eigenvalue weighted by atomic mass is 19.4. The molecular formula is C15H11F4N3O. The predicted molar refractivity (Wildman–Crippen MR) is 75.3 cm³/mol. The summed E-state index contributed by atoms with van der Waals surface area (Å²) in [6, 6.07) is 7.46. The third-order valence-corrected chi connectivity index (χ3v) is 3.16. The van der Waals surface area contributed by atoms with E-state index in [9.17, 15) is 22.4 Å². The Labute approximate surface area is 128 Å². The van der Waals surface area contributed by atoms with E-state index >= 15 is 0 Å². The summed E-state index contributed by atoms with van der Waals surface area (Å²) in [5, 5.41) is 8.78. The molecule has 0 radical (unpaired) electrons. The van der Waals surface area contributed by atoms with E-state index in [1.165, 1.54) is 24.1 Å². The molecule has 0 fully saturated rings. The summed E-state index contributed by atoms with van der Waals surface area (Å²) in [7, 11) is 1.40. The zero-order valence-corrected chi connectivity index (χ0v) is 11.9. The van der Waals surface area contributed by atoms with E-state index in [1.807, 2.05) is 0 Å². The Kier molecular flexibility index (Phi) is 4.40. The molecule has 0 saturated carbocycles. The summed E-state index contributed by atoms with van der Waals surface area (Å²) in [5.74, 6) is -0.695. The molecule has 0 atom stereocenters. The first-order chi connectivity index (χ1) is 10.7. The number of H-pyrrole nitrogens is 1. The fraction of sp³-hybridized carbons (Fsp3) is 0.200. The van der Waals surface area contributed by atoms with E-state index in [0.717, 1.165) is 18.2 Å². The van der Waals surface area contributed by atoms with E-state index in [2.05, 4.69) is 0 Å². The lowest BCUT2D eigenvalue weighted by Gasteiger charge is -2.23. The minimum Gasteiger partial charge on any atom is -0.369 e. The second-order valence-electron chi connectivity index (χ2n) is 4.86. The van der Waals surface area contributed by atoms with Crippen molar-refractivity contribution >= 4 is 5.69 Å². The molecule has 23 heavy (non-hydrogen) atoms. The van der Waals surface area contributed by atoms with Crippen molar-refractivity contribution in [2.24, 2.45) is 0 Å². The number of pyridine rings is 1. The quantitative estimate of drug-likeness (QED) is 0.883. The van der Waals surface area contributed by atoms with Crippen molar-refractivity contribution < 1.29 is 17.6 Å². The number of rotatable bonds is 3. The summed E-state index contributed by atoms with van der Waals surface area (Å²) < 4.78 is 52.3. The second-order valence-corrected chi connectivity index (χ2v) is 4.86. The molecule has 0 aliphatic carbocycles. The summed E-state index contributed by atoms with van der Waals surface area (Å²) in [6.45, 7) is 0.00405. The van der Waals surface area contributed by atoms with Crippen molar-refractivity contribution in [3.63, 3.8) is 0 Å². The van der Waals surface area contributed by atoms with Crippen LogP contribution in [0.3, 0.4) is 0 Å². The molecular weight excluding hydrogens is 314 g/mol. The van der Waals surface area contributed by atoms with Crippen molar-refractivity contribution in [3.05, 3.63) is 63.3 Å². The van der Waals surface area contributed by atoms with Gasteiger partial charge in [0, 0.05) is 19.7 Å². The maximum absolute atomic E-state index is 13.3. The summed E-state index contributed by atoms with van der Waals surface area (Å²) in [5.41, 5.74) is -1.96. The average molecular weight is 325 g/mol. The monoisotopic (exact) mass is 325 g/mol.